The van der Waals surface area contributed by atoms with Crippen LogP contribution in [0.1, 0.15) is 24.7 Å². The van der Waals surface area contributed by atoms with Gasteiger partial charge in [-0.05, 0) is 12.8 Å². The van der Waals surface area contributed by atoms with Crippen molar-refractivity contribution in [2.45, 2.75) is 26.2 Å². The smallest absolute Gasteiger partial charge is 0.223 e. The highest BCUT2D eigenvalue weighted by molar-refractivity contribution is 6.31. The maximum Gasteiger partial charge on any atom is 0.223 e. The molecule has 0 aromatic carbocycles. The van der Waals surface area contributed by atoms with E-state index in [1.807, 2.05) is 14.0 Å². The van der Waals surface area contributed by atoms with E-state index in [4.69, 9.17) is 11.6 Å². The zero-order valence-electron chi connectivity index (χ0n) is 9.59. The molecule has 1 aromatic heterocycles. The molecule has 16 heavy (non-hydrogen) atoms. The summed E-state index contributed by atoms with van der Waals surface area (Å²) >= 11 is 6.24. The molecule has 2 rings (SSSR count). The van der Waals surface area contributed by atoms with Crippen LogP contribution in [-0.2, 0) is 24.7 Å². The number of nitrogens with zero attached hydrogens (tertiary/aromatic N) is 2. The molecule has 1 amide bonds. The summed E-state index contributed by atoms with van der Waals surface area (Å²) in [6.45, 7) is 2.81. The van der Waals surface area contributed by atoms with E-state index in [1.165, 1.54) is 0 Å². The molecule has 1 fully saturated rings. The zero-order valence-corrected chi connectivity index (χ0v) is 10.3. The van der Waals surface area contributed by atoms with Gasteiger partial charge in [0.05, 0.1) is 16.4 Å². The second-order valence-corrected chi connectivity index (χ2v) is 4.54. The van der Waals surface area contributed by atoms with E-state index in [2.05, 4.69) is 10.4 Å². The van der Waals surface area contributed by atoms with E-state index in [-0.39, 0.29) is 11.8 Å². The standard InChI is InChI=1S/C11H16ClN3O/c1-3-8-10(12)9(15(2)14-8)6-7-4-5-13-11(7)16/h7H,3-6H2,1-2H3,(H,13,16). The average Bonchev–Trinajstić information content (AvgIpc) is 2.77. The molecule has 0 aliphatic carbocycles. The number of carbonyl (C=O) groups is 1. The Morgan fingerprint density at radius 3 is 2.88 bits per heavy atom. The van der Waals surface area contributed by atoms with Gasteiger partial charge in [-0.2, -0.15) is 5.10 Å². The van der Waals surface area contributed by atoms with Crippen molar-refractivity contribution in [3.05, 3.63) is 16.4 Å². The van der Waals surface area contributed by atoms with E-state index >= 15 is 0 Å². The zero-order chi connectivity index (χ0) is 11.7. The lowest BCUT2D eigenvalue weighted by molar-refractivity contribution is -0.122. The molecular weight excluding hydrogens is 226 g/mol. The maximum atomic E-state index is 11.5. The van der Waals surface area contributed by atoms with Gasteiger partial charge in [0.15, 0.2) is 0 Å². The van der Waals surface area contributed by atoms with Crippen molar-refractivity contribution in [1.29, 1.82) is 0 Å². The summed E-state index contributed by atoms with van der Waals surface area (Å²) in [6, 6.07) is 0. The monoisotopic (exact) mass is 241 g/mol. The van der Waals surface area contributed by atoms with E-state index in [1.54, 1.807) is 4.68 Å². The quantitative estimate of drug-likeness (QED) is 0.868. The molecule has 2 heterocycles. The fourth-order valence-corrected chi connectivity index (χ4v) is 2.49. The van der Waals surface area contributed by atoms with Gasteiger partial charge in [0, 0.05) is 25.9 Å². The second kappa shape index (κ2) is 4.45. The van der Waals surface area contributed by atoms with Gasteiger partial charge < -0.3 is 5.32 Å². The van der Waals surface area contributed by atoms with Crippen LogP contribution in [0.2, 0.25) is 5.02 Å². The minimum atomic E-state index is 0.0533. The number of rotatable bonds is 3. The Kier molecular flexibility index (Phi) is 3.19. The number of aryl methyl sites for hydroxylation is 2. The molecular formula is C11H16ClN3O. The van der Waals surface area contributed by atoms with Gasteiger partial charge in [0.1, 0.15) is 0 Å². The lowest BCUT2D eigenvalue weighted by Crippen LogP contribution is -2.21. The average molecular weight is 242 g/mol. The van der Waals surface area contributed by atoms with Gasteiger partial charge in [-0.1, -0.05) is 18.5 Å². The van der Waals surface area contributed by atoms with Crippen LogP contribution < -0.4 is 5.32 Å². The molecule has 1 aliphatic rings. The van der Waals surface area contributed by atoms with E-state index in [0.29, 0.717) is 6.42 Å². The Balaban J connectivity index is 2.20. The first-order valence-electron chi connectivity index (χ1n) is 5.61. The molecule has 1 saturated heterocycles. The Bertz CT molecular complexity index is 414. The van der Waals surface area contributed by atoms with Crippen LogP contribution in [0.4, 0.5) is 0 Å². The van der Waals surface area contributed by atoms with Gasteiger partial charge in [-0.25, -0.2) is 0 Å². The summed E-state index contributed by atoms with van der Waals surface area (Å²) < 4.78 is 1.80. The third-order valence-corrected chi connectivity index (χ3v) is 3.54. The molecule has 1 N–H and O–H groups in total. The second-order valence-electron chi connectivity index (χ2n) is 4.17. The van der Waals surface area contributed by atoms with Gasteiger partial charge >= 0.3 is 0 Å². The Morgan fingerprint density at radius 2 is 2.38 bits per heavy atom. The van der Waals surface area contributed by atoms with Gasteiger partial charge in [0.25, 0.3) is 0 Å². The number of nitrogens with one attached hydrogen (secondary N) is 1. The number of hydrogen-bond donors (Lipinski definition) is 1. The number of carbonyl (C=O) groups excluding carboxylic acids is 1. The first-order chi connectivity index (χ1) is 7.63. The van der Waals surface area contributed by atoms with Gasteiger partial charge in [0.2, 0.25) is 5.91 Å². The van der Waals surface area contributed by atoms with Crippen molar-refractivity contribution < 1.29 is 4.79 Å². The van der Waals surface area contributed by atoms with Crippen LogP contribution in [0.5, 0.6) is 0 Å². The molecule has 0 radical (unpaired) electrons. The van der Waals surface area contributed by atoms with Crippen LogP contribution in [0.15, 0.2) is 0 Å². The first-order valence-corrected chi connectivity index (χ1v) is 5.99. The highest BCUT2D eigenvalue weighted by atomic mass is 35.5. The van der Waals surface area contributed by atoms with E-state index in [9.17, 15) is 4.79 Å². The minimum Gasteiger partial charge on any atom is -0.356 e. The van der Waals surface area contributed by atoms with Crippen LogP contribution in [-0.4, -0.2) is 22.2 Å². The predicted octanol–water partition coefficient (Wildman–Crippen LogP) is 1.31. The molecule has 1 unspecified atom stereocenters. The molecule has 1 atom stereocenters. The van der Waals surface area contributed by atoms with Crippen molar-refractivity contribution in [2.75, 3.05) is 6.54 Å². The van der Waals surface area contributed by atoms with Crippen molar-refractivity contribution in [3.8, 4) is 0 Å². The molecule has 88 valence electrons. The van der Waals surface area contributed by atoms with Crippen molar-refractivity contribution in [1.82, 2.24) is 15.1 Å². The summed E-state index contributed by atoms with van der Waals surface area (Å²) in [7, 11) is 1.88. The summed E-state index contributed by atoms with van der Waals surface area (Å²) in [5.74, 6) is 0.188. The Hall–Kier alpha value is -1.03. The largest absolute Gasteiger partial charge is 0.356 e. The van der Waals surface area contributed by atoms with Crippen LogP contribution in [0.3, 0.4) is 0 Å². The maximum absolute atomic E-state index is 11.5. The van der Waals surface area contributed by atoms with Crippen molar-refractivity contribution >= 4 is 17.5 Å². The minimum absolute atomic E-state index is 0.0533. The summed E-state index contributed by atoms with van der Waals surface area (Å²) in [4.78, 5) is 11.5. The Labute approximate surface area is 100.0 Å². The Morgan fingerprint density at radius 1 is 1.62 bits per heavy atom. The van der Waals surface area contributed by atoms with E-state index in [0.717, 1.165) is 35.8 Å². The third kappa shape index (κ3) is 1.94. The highest BCUT2D eigenvalue weighted by Crippen LogP contribution is 2.25. The van der Waals surface area contributed by atoms with Crippen molar-refractivity contribution in [3.63, 3.8) is 0 Å². The SMILES string of the molecule is CCc1nn(C)c(CC2CCNC2=O)c1Cl. The number of hydrogen-bond acceptors (Lipinski definition) is 2. The molecule has 0 bridgehead atoms. The molecule has 0 spiro atoms. The third-order valence-electron chi connectivity index (χ3n) is 3.11. The molecule has 4 nitrogen and oxygen atoms in total. The van der Waals surface area contributed by atoms with Gasteiger partial charge in [-0.3, -0.25) is 9.48 Å². The number of halogens is 1. The number of aromatic nitrogens is 2. The normalized spacial score (nSPS) is 20.2. The molecule has 5 heteroatoms. The summed E-state index contributed by atoms with van der Waals surface area (Å²) in [5, 5.41) is 7.91. The lowest BCUT2D eigenvalue weighted by Gasteiger charge is -2.07. The first kappa shape index (κ1) is 11.5. The summed E-state index contributed by atoms with van der Waals surface area (Å²) in [6.07, 6.45) is 2.40. The summed E-state index contributed by atoms with van der Waals surface area (Å²) in [5.41, 5.74) is 1.89. The fourth-order valence-electron chi connectivity index (χ4n) is 2.11. The number of amides is 1. The predicted molar refractivity (Wildman–Crippen MR) is 62.4 cm³/mol. The topological polar surface area (TPSA) is 46.9 Å². The molecule has 1 aromatic rings. The molecule has 1 aliphatic heterocycles. The molecule has 0 saturated carbocycles. The van der Waals surface area contributed by atoms with E-state index < -0.39 is 0 Å². The van der Waals surface area contributed by atoms with Crippen LogP contribution >= 0.6 is 11.6 Å². The van der Waals surface area contributed by atoms with Crippen LogP contribution in [0, 0.1) is 5.92 Å². The fraction of sp³-hybridized carbons (Fsp3) is 0.636. The van der Waals surface area contributed by atoms with Gasteiger partial charge in [-0.15, -0.1) is 0 Å². The van der Waals surface area contributed by atoms with Crippen LogP contribution in [0.25, 0.3) is 0 Å². The van der Waals surface area contributed by atoms with Crippen molar-refractivity contribution in [2.24, 2.45) is 13.0 Å². The lowest BCUT2D eigenvalue weighted by atomic mass is 10.0. The highest BCUT2D eigenvalue weighted by Gasteiger charge is 2.27.